The molecule has 0 aromatic heterocycles. The SMILES string of the molecule is CC(C)(C)OC(=O)C[C@H](NC(=O)OCC1c2ccccc2-c2ccccc21)C(=O)N[C@H]1C[C@]2(C(=O)O)CCCN2C1=O. The fourth-order valence-corrected chi connectivity index (χ4v) is 6.26. The van der Waals surface area contributed by atoms with Crippen LogP contribution in [0.25, 0.3) is 11.1 Å². The number of carboxylic acid groups (broad SMARTS) is 1. The number of hydrogen-bond acceptors (Lipinski definition) is 7. The molecule has 0 radical (unpaired) electrons. The number of aliphatic carboxylic acids is 1. The molecule has 2 aliphatic heterocycles. The summed E-state index contributed by atoms with van der Waals surface area (Å²) in [6.45, 7) is 5.31. The number of carbonyl (C=O) groups is 5. The van der Waals surface area contributed by atoms with Crippen molar-refractivity contribution in [2.75, 3.05) is 13.2 Å². The highest BCUT2D eigenvalue weighted by Crippen LogP contribution is 2.44. The van der Waals surface area contributed by atoms with E-state index in [2.05, 4.69) is 10.6 Å². The van der Waals surface area contributed by atoms with E-state index in [1.807, 2.05) is 48.5 Å². The maximum atomic E-state index is 13.4. The predicted octanol–water partition coefficient (Wildman–Crippen LogP) is 2.96. The predicted molar refractivity (Wildman–Crippen MR) is 150 cm³/mol. The smallest absolute Gasteiger partial charge is 0.407 e. The Bertz CT molecular complexity index is 1390. The van der Waals surface area contributed by atoms with Gasteiger partial charge in [0.1, 0.15) is 29.8 Å². The molecular weight excluding hydrogens is 542 g/mol. The summed E-state index contributed by atoms with van der Waals surface area (Å²) in [7, 11) is 0. The molecule has 2 aromatic carbocycles. The van der Waals surface area contributed by atoms with E-state index < -0.39 is 59.5 Å². The van der Waals surface area contributed by atoms with Gasteiger partial charge >= 0.3 is 18.0 Å². The van der Waals surface area contributed by atoms with Gasteiger partial charge in [-0.3, -0.25) is 14.4 Å². The van der Waals surface area contributed by atoms with Crippen molar-refractivity contribution in [1.82, 2.24) is 15.5 Å². The summed E-state index contributed by atoms with van der Waals surface area (Å²) >= 11 is 0. The Labute approximate surface area is 243 Å². The fourth-order valence-electron chi connectivity index (χ4n) is 6.26. The Kier molecular flexibility index (Phi) is 7.70. The zero-order chi connectivity index (χ0) is 30.2. The number of nitrogens with zero attached hydrogens (tertiary/aromatic N) is 1. The molecular formula is C31H35N3O8. The molecule has 11 heteroatoms. The molecule has 11 nitrogen and oxygen atoms in total. The van der Waals surface area contributed by atoms with Crippen molar-refractivity contribution >= 4 is 29.8 Å². The average Bonchev–Trinajstić information content (AvgIpc) is 3.57. The highest BCUT2D eigenvalue weighted by atomic mass is 16.6. The normalized spacial score (nSPS) is 21.6. The van der Waals surface area contributed by atoms with Gasteiger partial charge in [-0.1, -0.05) is 48.5 Å². The topological polar surface area (TPSA) is 151 Å². The van der Waals surface area contributed by atoms with Crippen LogP contribution in [-0.2, 0) is 28.7 Å². The molecule has 3 amide bonds. The lowest BCUT2D eigenvalue weighted by Gasteiger charge is -2.26. The van der Waals surface area contributed by atoms with Crippen molar-refractivity contribution in [3.05, 3.63) is 59.7 Å². The second kappa shape index (κ2) is 11.1. The molecule has 5 rings (SSSR count). The van der Waals surface area contributed by atoms with E-state index in [1.165, 1.54) is 4.90 Å². The van der Waals surface area contributed by atoms with Crippen molar-refractivity contribution in [2.45, 2.75) is 75.6 Å². The maximum absolute atomic E-state index is 13.4. The van der Waals surface area contributed by atoms with Gasteiger partial charge in [-0.05, 0) is 55.9 Å². The molecule has 0 saturated carbocycles. The molecule has 0 spiro atoms. The number of ether oxygens (including phenoxy) is 2. The summed E-state index contributed by atoms with van der Waals surface area (Å²) in [6.07, 6.45) is -0.678. The molecule has 2 fully saturated rings. The van der Waals surface area contributed by atoms with Crippen LogP contribution in [0.1, 0.15) is 63.5 Å². The van der Waals surface area contributed by atoms with Gasteiger partial charge in [-0.2, -0.15) is 0 Å². The first kappa shape index (κ1) is 29.1. The average molecular weight is 578 g/mol. The lowest BCUT2D eigenvalue weighted by Crippen LogP contribution is -2.52. The monoisotopic (exact) mass is 577 g/mol. The van der Waals surface area contributed by atoms with Crippen molar-refractivity contribution in [1.29, 1.82) is 0 Å². The van der Waals surface area contributed by atoms with Crippen LogP contribution >= 0.6 is 0 Å². The van der Waals surface area contributed by atoms with Gasteiger partial charge in [0.15, 0.2) is 0 Å². The van der Waals surface area contributed by atoms with Crippen LogP contribution < -0.4 is 10.6 Å². The Hall–Kier alpha value is -4.41. The second-order valence-electron chi connectivity index (χ2n) is 12.0. The second-order valence-corrected chi connectivity index (χ2v) is 12.0. The van der Waals surface area contributed by atoms with E-state index >= 15 is 0 Å². The lowest BCUT2D eigenvalue weighted by molar-refractivity contribution is -0.156. The number of esters is 1. The maximum Gasteiger partial charge on any atom is 0.407 e. The lowest BCUT2D eigenvalue weighted by atomic mass is 9.92. The Morgan fingerprint density at radius 2 is 1.67 bits per heavy atom. The standard InChI is InChI=1S/C31H35N3O8/c1-30(2,3)42-25(35)15-23(26(36)32-24-16-31(28(38)39)13-8-14-34(31)27(24)37)33-29(40)41-17-22-20-11-6-4-9-18(20)19-10-5-7-12-21(19)22/h4-7,9-12,22-24H,8,13-17H2,1-3H3,(H,32,36)(H,33,40)(H,38,39)/t23-,24-,31-/m0/s1. The highest BCUT2D eigenvalue weighted by molar-refractivity contribution is 5.98. The number of nitrogens with one attached hydrogen (secondary N) is 2. The molecule has 222 valence electrons. The first-order chi connectivity index (χ1) is 19.9. The molecule has 3 aliphatic rings. The zero-order valence-corrected chi connectivity index (χ0v) is 23.8. The van der Waals surface area contributed by atoms with Crippen molar-refractivity contribution in [3.63, 3.8) is 0 Å². The Balaban J connectivity index is 1.28. The molecule has 2 heterocycles. The summed E-state index contributed by atoms with van der Waals surface area (Å²) in [5.41, 5.74) is 1.96. The molecule has 3 atom stereocenters. The quantitative estimate of drug-likeness (QED) is 0.405. The van der Waals surface area contributed by atoms with E-state index in [1.54, 1.807) is 20.8 Å². The number of carbonyl (C=O) groups excluding carboxylic acids is 4. The van der Waals surface area contributed by atoms with Gasteiger partial charge in [-0.15, -0.1) is 0 Å². The Morgan fingerprint density at radius 1 is 1.05 bits per heavy atom. The minimum Gasteiger partial charge on any atom is -0.479 e. The molecule has 1 aliphatic carbocycles. The number of alkyl carbamates (subject to hydrolysis) is 1. The summed E-state index contributed by atoms with van der Waals surface area (Å²) in [6, 6.07) is 13.2. The minimum atomic E-state index is -1.42. The number of amides is 3. The van der Waals surface area contributed by atoms with Gasteiger partial charge in [-0.25, -0.2) is 9.59 Å². The molecule has 2 aromatic rings. The summed E-state index contributed by atoms with van der Waals surface area (Å²) in [4.78, 5) is 65.3. The third-order valence-electron chi connectivity index (χ3n) is 8.05. The van der Waals surface area contributed by atoms with Crippen LogP contribution in [0, 0.1) is 0 Å². The minimum absolute atomic E-state index is 0.00214. The van der Waals surface area contributed by atoms with Crippen LogP contribution in [0.3, 0.4) is 0 Å². The van der Waals surface area contributed by atoms with Gasteiger partial charge in [0.05, 0.1) is 6.42 Å². The van der Waals surface area contributed by atoms with Crippen LogP contribution in [0.2, 0.25) is 0 Å². The number of fused-ring (bicyclic) bond motifs is 4. The van der Waals surface area contributed by atoms with Gasteiger partial charge in [0.2, 0.25) is 11.8 Å². The van der Waals surface area contributed by atoms with E-state index in [4.69, 9.17) is 9.47 Å². The third kappa shape index (κ3) is 5.55. The number of hydrogen-bond donors (Lipinski definition) is 3. The summed E-state index contributed by atoms with van der Waals surface area (Å²) < 4.78 is 10.9. The first-order valence-corrected chi connectivity index (χ1v) is 14.1. The molecule has 0 unspecified atom stereocenters. The Morgan fingerprint density at radius 3 is 2.24 bits per heavy atom. The fraction of sp³-hybridized carbons (Fsp3) is 0.452. The van der Waals surface area contributed by atoms with E-state index in [0.29, 0.717) is 12.8 Å². The van der Waals surface area contributed by atoms with Crippen LogP contribution in [0.4, 0.5) is 4.79 Å². The number of carboxylic acids is 1. The number of rotatable bonds is 8. The van der Waals surface area contributed by atoms with E-state index in [-0.39, 0.29) is 25.5 Å². The first-order valence-electron chi connectivity index (χ1n) is 14.1. The molecule has 42 heavy (non-hydrogen) atoms. The van der Waals surface area contributed by atoms with Crippen LogP contribution in [0.5, 0.6) is 0 Å². The van der Waals surface area contributed by atoms with Crippen molar-refractivity contribution in [3.8, 4) is 11.1 Å². The van der Waals surface area contributed by atoms with Crippen molar-refractivity contribution in [2.24, 2.45) is 0 Å². The molecule has 3 N–H and O–H groups in total. The largest absolute Gasteiger partial charge is 0.479 e. The van der Waals surface area contributed by atoms with Crippen LogP contribution in [-0.4, -0.2) is 76.2 Å². The number of benzene rings is 2. The summed E-state index contributed by atoms with van der Waals surface area (Å²) in [5.74, 6) is -3.37. The summed E-state index contributed by atoms with van der Waals surface area (Å²) in [5, 5.41) is 14.9. The van der Waals surface area contributed by atoms with E-state index in [0.717, 1.165) is 22.3 Å². The van der Waals surface area contributed by atoms with Gasteiger partial charge < -0.3 is 30.1 Å². The van der Waals surface area contributed by atoms with Gasteiger partial charge in [0, 0.05) is 18.9 Å². The zero-order valence-electron chi connectivity index (χ0n) is 23.8. The van der Waals surface area contributed by atoms with Crippen LogP contribution in [0.15, 0.2) is 48.5 Å². The molecule has 2 saturated heterocycles. The highest BCUT2D eigenvalue weighted by Gasteiger charge is 2.58. The van der Waals surface area contributed by atoms with E-state index in [9.17, 15) is 29.1 Å². The third-order valence-corrected chi connectivity index (χ3v) is 8.05. The molecule has 0 bridgehead atoms. The van der Waals surface area contributed by atoms with Gasteiger partial charge in [0.25, 0.3) is 0 Å². The van der Waals surface area contributed by atoms with Crippen molar-refractivity contribution < 1.29 is 38.6 Å².